The number of carbonyl (C=O) groups excluding carboxylic acids is 1. The lowest BCUT2D eigenvalue weighted by atomic mass is 10.3. The Morgan fingerprint density at radius 2 is 1.96 bits per heavy atom. The lowest BCUT2D eigenvalue weighted by molar-refractivity contribution is 0.0589. The molecule has 0 spiro atoms. The van der Waals surface area contributed by atoms with E-state index in [1.165, 1.54) is 18.6 Å². The monoisotopic (exact) mass is 332 g/mol. The summed E-state index contributed by atoms with van der Waals surface area (Å²) in [5, 5.41) is 0. The lowest BCUT2D eigenvalue weighted by Gasteiger charge is -2.34. The molecule has 1 aliphatic rings. The molecule has 2 aromatic heterocycles. The van der Waals surface area contributed by atoms with E-state index in [4.69, 9.17) is 13.6 Å². The van der Waals surface area contributed by atoms with Crippen molar-refractivity contribution in [2.24, 2.45) is 0 Å². The second-order valence-electron chi connectivity index (χ2n) is 5.63. The molecule has 0 aromatic carbocycles. The Kier molecular flexibility index (Phi) is 5.00. The van der Waals surface area contributed by atoms with E-state index in [1.54, 1.807) is 24.0 Å². The van der Waals surface area contributed by atoms with E-state index in [-0.39, 0.29) is 17.1 Å². The Balaban J connectivity index is 1.44. The molecule has 0 aliphatic carbocycles. The summed E-state index contributed by atoms with van der Waals surface area (Å²) in [6, 6.07) is 4.74. The summed E-state index contributed by atoms with van der Waals surface area (Å²) in [4.78, 5) is 27.9. The molecule has 0 unspecified atom stereocenters. The fraction of sp³-hybridized carbons (Fsp3) is 0.412. The highest BCUT2D eigenvalue weighted by atomic mass is 16.5. The third kappa shape index (κ3) is 3.68. The maximum atomic E-state index is 12.2. The van der Waals surface area contributed by atoms with Gasteiger partial charge in [-0.05, 0) is 19.1 Å². The van der Waals surface area contributed by atoms with Crippen molar-refractivity contribution in [1.82, 2.24) is 9.80 Å². The van der Waals surface area contributed by atoms with E-state index in [9.17, 15) is 9.59 Å². The molecule has 0 atom stereocenters. The van der Waals surface area contributed by atoms with Crippen LogP contribution >= 0.6 is 0 Å². The maximum Gasteiger partial charge on any atom is 0.289 e. The summed E-state index contributed by atoms with van der Waals surface area (Å²) in [5.41, 5.74) is -0.174. The van der Waals surface area contributed by atoms with Crippen molar-refractivity contribution in [3.8, 4) is 5.75 Å². The number of ether oxygens (including phenoxy) is 1. The quantitative estimate of drug-likeness (QED) is 0.823. The minimum Gasteiger partial charge on any atom is -0.485 e. The Hall–Kier alpha value is -2.54. The summed E-state index contributed by atoms with van der Waals surface area (Å²) in [6.45, 7) is 5.61. The third-order valence-corrected chi connectivity index (χ3v) is 4.05. The van der Waals surface area contributed by atoms with Gasteiger partial charge in [0.05, 0.1) is 12.5 Å². The van der Waals surface area contributed by atoms with Crippen LogP contribution in [0.1, 0.15) is 16.3 Å². The molecule has 24 heavy (non-hydrogen) atoms. The van der Waals surface area contributed by atoms with Crippen LogP contribution < -0.4 is 10.2 Å². The van der Waals surface area contributed by atoms with Gasteiger partial charge in [-0.1, -0.05) is 0 Å². The smallest absolute Gasteiger partial charge is 0.289 e. The minimum absolute atomic E-state index is 0.0755. The molecule has 1 fully saturated rings. The summed E-state index contributed by atoms with van der Waals surface area (Å²) >= 11 is 0. The van der Waals surface area contributed by atoms with Crippen LogP contribution in [0.3, 0.4) is 0 Å². The zero-order valence-corrected chi connectivity index (χ0v) is 13.6. The zero-order valence-electron chi connectivity index (χ0n) is 13.6. The molecule has 0 bridgehead atoms. The first kappa shape index (κ1) is 16.3. The predicted octanol–water partition coefficient (Wildman–Crippen LogP) is 1.38. The number of furan rings is 1. The molecule has 7 heteroatoms. The van der Waals surface area contributed by atoms with Crippen molar-refractivity contribution in [1.29, 1.82) is 0 Å². The van der Waals surface area contributed by atoms with E-state index < -0.39 is 0 Å². The Labute approximate surface area is 139 Å². The SMILES string of the molecule is Cc1occc(=O)c1OCCN1CCN(C(=O)c2ccco2)CC1. The zero-order chi connectivity index (χ0) is 16.9. The first-order chi connectivity index (χ1) is 11.6. The van der Waals surface area contributed by atoms with Gasteiger partial charge in [0.1, 0.15) is 12.4 Å². The molecule has 3 rings (SSSR count). The normalized spacial score (nSPS) is 15.5. The molecular weight excluding hydrogens is 312 g/mol. The molecule has 0 radical (unpaired) electrons. The standard InChI is InChI=1S/C17H20N2O5/c1-13-16(14(20)4-11-22-13)24-12-9-18-5-7-19(8-6-18)17(21)15-3-2-10-23-15/h2-4,10-11H,5-9,12H2,1H3. The number of nitrogens with zero attached hydrogens (tertiary/aromatic N) is 2. The van der Waals surface area contributed by atoms with Gasteiger partial charge in [-0.3, -0.25) is 14.5 Å². The van der Waals surface area contributed by atoms with Crippen molar-refractivity contribution >= 4 is 5.91 Å². The first-order valence-electron chi connectivity index (χ1n) is 7.91. The van der Waals surface area contributed by atoms with Crippen LogP contribution in [0.5, 0.6) is 5.75 Å². The highest BCUT2D eigenvalue weighted by Crippen LogP contribution is 2.12. The Morgan fingerprint density at radius 1 is 1.17 bits per heavy atom. The van der Waals surface area contributed by atoms with E-state index in [1.807, 2.05) is 0 Å². The van der Waals surface area contributed by atoms with Crippen LogP contribution in [0.15, 0.2) is 44.4 Å². The number of carbonyl (C=O) groups is 1. The van der Waals surface area contributed by atoms with Crippen molar-refractivity contribution < 1.29 is 18.4 Å². The predicted molar refractivity (Wildman–Crippen MR) is 86.3 cm³/mol. The molecule has 128 valence electrons. The van der Waals surface area contributed by atoms with Gasteiger partial charge in [0.2, 0.25) is 11.2 Å². The number of rotatable bonds is 5. The molecule has 1 aliphatic heterocycles. The van der Waals surface area contributed by atoms with Crippen LogP contribution in [-0.4, -0.2) is 55.0 Å². The van der Waals surface area contributed by atoms with Crippen molar-refractivity contribution in [3.05, 3.63) is 52.5 Å². The first-order valence-corrected chi connectivity index (χ1v) is 7.91. The van der Waals surface area contributed by atoms with Gasteiger partial charge in [0.25, 0.3) is 5.91 Å². The van der Waals surface area contributed by atoms with Crippen molar-refractivity contribution in [2.75, 3.05) is 39.3 Å². The van der Waals surface area contributed by atoms with Crippen molar-refractivity contribution in [3.63, 3.8) is 0 Å². The van der Waals surface area contributed by atoms with E-state index in [2.05, 4.69) is 4.90 Å². The van der Waals surface area contributed by atoms with Crippen LogP contribution in [0.4, 0.5) is 0 Å². The van der Waals surface area contributed by atoms with Gasteiger partial charge < -0.3 is 18.5 Å². The topological polar surface area (TPSA) is 76.1 Å². The summed E-state index contributed by atoms with van der Waals surface area (Å²) in [5.74, 6) is 1.05. The van der Waals surface area contributed by atoms with Crippen LogP contribution in [0, 0.1) is 6.92 Å². The fourth-order valence-electron chi connectivity index (χ4n) is 2.68. The van der Waals surface area contributed by atoms with Crippen molar-refractivity contribution in [2.45, 2.75) is 6.92 Å². The van der Waals surface area contributed by atoms with Gasteiger partial charge in [0, 0.05) is 38.8 Å². The molecule has 0 saturated carbocycles. The number of hydrogen-bond donors (Lipinski definition) is 0. The molecule has 0 N–H and O–H groups in total. The second-order valence-corrected chi connectivity index (χ2v) is 5.63. The molecule has 2 aromatic rings. The molecular formula is C17H20N2O5. The highest BCUT2D eigenvalue weighted by Gasteiger charge is 2.23. The van der Waals surface area contributed by atoms with Gasteiger partial charge in [-0.15, -0.1) is 0 Å². The van der Waals surface area contributed by atoms with E-state index >= 15 is 0 Å². The number of amides is 1. The summed E-state index contributed by atoms with van der Waals surface area (Å²) in [6.07, 6.45) is 2.86. The third-order valence-electron chi connectivity index (χ3n) is 4.05. The molecule has 1 saturated heterocycles. The van der Waals surface area contributed by atoms with Gasteiger partial charge >= 0.3 is 0 Å². The van der Waals surface area contributed by atoms with Gasteiger partial charge in [-0.2, -0.15) is 0 Å². The van der Waals surface area contributed by atoms with Gasteiger partial charge in [0.15, 0.2) is 5.76 Å². The summed E-state index contributed by atoms with van der Waals surface area (Å²) in [7, 11) is 0. The fourth-order valence-corrected chi connectivity index (χ4v) is 2.68. The molecule has 3 heterocycles. The number of hydrogen-bond acceptors (Lipinski definition) is 6. The average molecular weight is 332 g/mol. The maximum absolute atomic E-state index is 12.2. The number of aryl methyl sites for hydroxylation is 1. The van der Waals surface area contributed by atoms with Crippen LogP contribution in [-0.2, 0) is 0 Å². The molecule has 7 nitrogen and oxygen atoms in total. The molecule has 1 amide bonds. The summed E-state index contributed by atoms with van der Waals surface area (Å²) < 4.78 is 15.9. The van der Waals surface area contributed by atoms with Gasteiger partial charge in [-0.25, -0.2) is 0 Å². The minimum atomic E-state index is -0.174. The highest BCUT2D eigenvalue weighted by molar-refractivity contribution is 5.91. The largest absolute Gasteiger partial charge is 0.485 e. The van der Waals surface area contributed by atoms with Crippen LogP contribution in [0.25, 0.3) is 0 Å². The second kappa shape index (κ2) is 7.35. The number of piperazine rings is 1. The van der Waals surface area contributed by atoms with E-state index in [0.717, 1.165) is 13.1 Å². The van der Waals surface area contributed by atoms with E-state index in [0.29, 0.717) is 37.8 Å². The van der Waals surface area contributed by atoms with Crippen LogP contribution in [0.2, 0.25) is 0 Å². The lowest BCUT2D eigenvalue weighted by Crippen LogP contribution is -2.49. The Bertz CT molecular complexity index is 730. The Morgan fingerprint density at radius 3 is 2.62 bits per heavy atom. The average Bonchev–Trinajstić information content (AvgIpc) is 3.12.